The molecule has 350 valence electrons. The lowest BCUT2D eigenvalue weighted by Crippen LogP contribution is -2.42. The lowest BCUT2D eigenvalue weighted by Gasteiger charge is -2.31. The van der Waals surface area contributed by atoms with Crippen molar-refractivity contribution in [1.29, 1.82) is 0 Å². The second-order valence-corrected chi connectivity index (χ2v) is 18.8. The molecule has 0 aromatic carbocycles. The molecule has 0 saturated carbocycles. The lowest BCUT2D eigenvalue weighted by atomic mass is 9.92. The number of morpholine rings is 1. The number of rotatable bonds is 43. The number of unbranched alkanes of at least 4 members (excludes halogenated alkanes) is 19. The number of esters is 1. The van der Waals surface area contributed by atoms with E-state index >= 15 is 0 Å². The minimum Gasteiger partial charge on any atom is -0.466 e. The molecule has 0 aromatic heterocycles. The average Bonchev–Trinajstić information content (AvgIpc) is 3.64. The Bertz CT molecular complexity index is 894. The summed E-state index contributed by atoms with van der Waals surface area (Å²) in [5, 5.41) is 0. The van der Waals surface area contributed by atoms with Crippen molar-refractivity contribution in [2.45, 2.75) is 258 Å². The van der Waals surface area contributed by atoms with Crippen LogP contribution in [0.25, 0.3) is 0 Å². The molecule has 59 heavy (non-hydrogen) atoms. The van der Waals surface area contributed by atoms with Crippen LogP contribution in [0.2, 0.25) is 0 Å². The molecule has 0 amide bonds. The lowest BCUT2D eigenvalue weighted by molar-refractivity contribution is -0.181. The van der Waals surface area contributed by atoms with Crippen molar-refractivity contribution in [2.24, 2.45) is 11.8 Å². The van der Waals surface area contributed by atoms with Crippen molar-refractivity contribution in [2.75, 3.05) is 59.3 Å². The summed E-state index contributed by atoms with van der Waals surface area (Å²) in [4.78, 5) is 14.9. The van der Waals surface area contributed by atoms with E-state index in [9.17, 15) is 4.79 Å². The summed E-state index contributed by atoms with van der Waals surface area (Å²) < 4.78 is 30.7. The van der Waals surface area contributed by atoms with E-state index in [1.807, 2.05) is 0 Å². The Morgan fingerprint density at radius 1 is 0.559 bits per heavy atom. The first-order chi connectivity index (χ1) is 29.0. The first-order valence-corrected chi connectivity index (χ1v) is 26.4. The molecule has 2 atom stereocenters. The number of carbonyl (C=O) groups excluding carboxylic acids is 1. The van der Waals surface area contributed by atoms with E-state index in [0.717, 1.165) is 96.4 Å². The van der Waals surface area contributed by atoms with Crippen LogP contribution in [0.15, 0.2) is 0 Å². The van der Waals surface area contributed by atoms with Gasteiger partial charge in [0.2, 0.25) is 0 Å². The Morgan fingerprint density at radius 3 is 1.56 bits per heavy atom. The van der Waals surface area contributed by atoms with Crippen molar-refractivity contribution in [3.05, 3.63) is 0 Å². The summed E-state index contributed by atoms with van der Waals surface area (Å²) in [6, 6.07) is 0. The van der Waals surface area contributed by atoms with Crippen LogP contribution in [0.5, 0.6) is 0 Å². The molecule has 0 bridgehead atoms. The predicted octanol–water partition coefficient (Wildman–Crippen LogP) is 14.6. The zero-order valence-electron chi connectivity index (χ0n) is 40.0. The Labute approximate surface area is 367 Å². The van der Waals surface area contributed by atoms with E-state index in [1.165, 1.54) is 173 Å². The molecule has 2 heterocycles. The first-order valence-electron chi connectivity index (χ1n) is 26.4. The molecule has 2 unspecified atom stereocenters. The molecule has 2 aliphatic rings. The van der Waals surface area contributed by atoms with Gasteiger partial charge in [-0.15, -0.1) is 0 Å². The van der Waals surface area contributed by atoms with E-state index in [4.69, 9.17) is 23.7 Å². The Hall–Kier alpha value is -0.730. The quantitative estimate of drug-likeness (QED) is 0.0448. The summed E-state index contributed by atoms with van der Waals surface area (Å²) >= 11 is 0. The fourth-order valence-corrected chi connectivity index (χ4v) is 9.38. The van der Waals surface area contributed by atoms with Crippen LogP contribution < -0.4 is 0 Å². The van der Waals surface area contributed by atoms with Gasteiger partial charge in [0.25, 0.3) is 0 Å². The molecule has 0 radical (unpaired) electrons. The highest BCUT2D eigenvalue weighted by Crippen LogP contribution is 2.35. The number of nitrogens with zero attached hydrogens (tertiary/aromatic N) is 1. The second-order valence-electron chi connectivity index (χ2n) is 18.8. The van der Waals surface area contributed by atoms with Crippen molar-refractivity contribution < 1.29 is 28.5 Å². The topological polar surface area (TPSA) is 66.5 Å². The average molecular weight is 836 g/mol. The third kappa shape index (κ3) is 30.1. The molecular weight excluding hydrogens is 735 g/mol. The molecule has 0 N–H and O–H groups in total. The maximum absolute atomic E-state index is 12.4. The van der Waals surface area contributed by atoms with E-state index < -0.39 is 5.79 Å². The fourth-order valence-electron chi connectivity index (χ4n) is 9.38. The SMILES string of the molecule is CCCCCC(CCCCC)CCOCCCCCCCCCC1(CCCCCCCCC(=O)OCCC(CCCCC)CCCCC)OCC(CN2CCOCC2)O1. The minimum atomic E-state index is -0.409. The number of hydrogen-bond donors (Lipinski definition) is 0. The van der Waals surface area contributed by atoms with E-state index in [0.29, 0.717) is 19.6 Å². The van der Waals surface area contributed by atoms with Crippen LogP contribution in [0.3, 0.4) is 0 Å². The molecule has 0 spiro atoms. The van der Waals surface area contributed by atoms with Crippen molar-refractivity contribution in [3.63, 3.8) is 0 Å². The normalized spacial score (nSPS) is 18.8. The first kappa shape index (κ1) is 54.4. The smallest absolute Gasteiger partial charge is 0.305 e. The fraction of sp³-hybridized carbons (Fsp3) is 0.981. The molecule has 7 heteroatoms. The summed E-state index contributed by atoms with van der Waals surface area (Å²) in [6.07, 6.45) is 42.1. The minimum absolute atomic E-state index is 0.00431. The van der Waals surface area contributed by atoms with Gasteiger partial charge >= 0.3 is 5.97 Å². The summed E-state index contributed by atoms with van der Waals surface area (Å²) in [6.45, 7) is 17.0. The maximum atomic E-state index is 12.4. The van der Waals surface area contributed by atoms with Gasteiger partial charge in [-0.2, -0.15) is 0 Å². The Kier molecular flexibility index (Phi) is 35.9. The second kappa shape index (κ2) is 38.9. The highest BCUT2D eigenvalue weighted by molar-refractivity contribution is 5.69. The Morgan fingerprint density at radius 2 is 1.03 bits per heavy atom. The van der Waals surface area contributed by atoms with Crippen molar-refractivity contribution in [1.82, 2.24) is 4.90 Å². The molecule has 2 fully saturated rings. The predicted molar refractivity (Wildman–Crippen MR) is 249 cm³/mol. The van der Waals surface area contributed by atoms with Crippen molar-refractivity contribution in [3.8, 4) is 0 Å². The summed E-state index contributed by atoms with van der Waals surface area (Å²) in [5.74, 6) is 1.18. The van der Waals surface area contributed by atoms with Crippen LogP contribution in [-0.4, -0.2) is 82.0 Å². The van der Waals surface area contributed by atoms with Gasteiger partial charge in [-0.3, -0.25) is 9.69 Å². The van der Waals surface area contributed by atoms with Gasteiger partial charge in [0.1, 0.15) is 0 Å². The molecule has 2 rings (SSSR count). The summed E-state index contributed by atoms with van der Waals surface area (Å²) in [5.41, 5.74) is 0. The van der Waals surface area contributed by atoms with Crippen LogP contribution in [0, 0.1) is 11.8 Å². The van der Waals surface area contributed by atoms with Gasteiger partial charge < -0.3 is 23.7 Å². The molecular formula is C52H101NO6. The molecule has 0 aliphatic carbocycles. The van der Waals surface area contributed by atoms with Gasteiger partial charge in [0, 0.05) is 52.1 Å². The summed E-state index contributed by atoms with van der Waals surface area (Å²) in [7, 11) is 0. The molecule has 2 saturated heterocycles. The molecule has 7 nitrogen and oxygen atoms in total. The third-order valence-electron chi connectivity index (χ3n) is 13.3. The van der Waals surface area contributed by atoms with E-state index in [1.54, 1.807) is 0 Å². The van der Waals surface area contributed by atoms with Crippen LogP contribution >= 0.6 is 0 Å². The van der Waals surface area contributed by atoms with Crippen molar-refractivity contribution >= 4 is 5.97 Å². The highest BCUT2D eigenvalue weighted by Gasteiger charge is 2.41. The number of ether oxygens (including phenoxy) is 5. The van der Waals surface area contributed by atoms with Gasteiger partial charge in [0.05, 0.1) is 32.5 Å². The van der Waals surface area contributed by atoms with Gasteiger partial charge in [-0.05, 0) is 50.4 Å². The van der Waals surface area contributed by atoms with E-state index in [2.05, 4.69) is 32.6 Å². The number of hydrogen-bond acceptors (Lipinski definition) is 7. The van der Waals surface area contributed by atoms with Crippen LogP contribution in [0.4, 0.5) is 0 Å². The van der Waals surface area contributed by atoms with Gasteiger partial charge in [-0.1, -0.05) is 188 Å². The monoisotopic (exact) mass is 836 g/mol. The van der Waals surface area contributed by atoms with E-state index in [-0.39, 0.29) is 12.1 Å². The zero-order valence-corrected chi connectivity index (χ0v) is 40.0. The van der Waals surface area contributed by atoms with Crippen LogP contribution in [-0.2, 0) is 28.5 Å². The zero-order chi connectivity index (χ0) is 42.3. The maximum Gasteiger partial charge on any atom is 0.305 e. The standard InChI is InChI=1S/C52H101NO6/c1-5-9-22-30-48(31-23-10-6-2)35-42-55-41-29-21-17-13-15-19-27-37-52(58-47-50(59-52)46-53-39-44-56-45-40-53)38-28-20-16-14-18-26-34-51(54)57-43-36-49(32-24-11-7-3)33-25-12-8-4/h48-50H,5-47H2,1-4H3. The van der Waals surface area contributed by atoms with Gasteiger partial charge in [0.15, 0.2) is 5.79 Å². The Balaban J connectivity index is 1.58. The third-order valence-corrected chi connectivity index (χ3v) is 13.3. The van der Waals surface area contributed by atoms with Gasteiger partial charge in [-0.25, -0.2) is 0 Å². The largest absolute Gasteiger partial charge is 0.466 e. The van der Waals surface area contributed by atoms with Crippen LogP contribution in [0.1, 0.15) is 246 Å². The highest BCUT2D eigenvalue weighted by atomic mass is 16.7. The number of carbonyl (C=O) groups is 1. The molecule has 0 aromatic rings. The molecule has 2 aliphatic heterocycles.